The van der Waals surface area contributed by atoms with Crippen molar-refractivity contribution in [2.75, 3.05) is 13.6 Å². The van der Waals surface area contributed by atoms with Crippen LogP contribution in [-0.4, -0.2) is 35.6 Å². The predicted molar refractivity (Wildman–Crippen MR) is 74.3 cm³/mol. The first kappa shape index (κ1) is 16.1. The molecule has 6 nitrogen and oxygen atoms in total. The molecule has 0 aliphatic rings. The number of rotatable bonds is 6. The molecule has 0 aliphatic heterocycles. The first-order valence-electron chi connectivity index (χ1n) is 6.58. The van der Waals surface area contributed by atoms with Crippen molar-refractivity contribution in [3.63, 3.8) is 0 Å². The molecule has 0 spiro atoms. The van der Waals surface area contributed by atoms with Crippen LogP contribution in [0.25, 0.3) is 0 Å². The van der Waals surface area contributed by atoms with E-state index in [9.17, 15) is 9.59 Å². The molecule has 20 heavy (non-hydrogen) atoms. The number of carboxylic acids is 1. The summed E-state index contributed by atoms with van der Waals surface area (Å²) in [5.74, 6) is -0.0352. The summed E-state index contributed by atoms with van der Waals surface area (Å²) in [7, 11) is 1.64. The maximum atomic E-state index is 11.9. The minimum absolute atomic E-state index is 0.0363. The molecule has 1 unspecified atom stereocenters. The summed E-state index contributed by atoms with van der Waals surface area (Å²) in [6.45, 7) is 5.94. The number of aliphatic carboxylic acids is 1. The van der Waals surface area contributed by atoms with Gasteiger partial charge in [0, 0.05) is 13.6 Å². The molecule has 2 N–H and O–H groups in total. The van der Waals surface area contributed by atoms with Crippen molar-refractivity contribution < 1.29 is 19.1 Å². The van der Waals surface area contributed by atoms with E-state index in [0.717, 1.165) is 5.76 Å². The van der Waals surface area contributed by atoms with Crippen LogP contribution in [0, 0.1) is 18.8 Å². The number of nitrogens with zero attached hydrogens (tertiary/aromatic N) is 1. The molecule has 6 heteroatoms. The lowest BCUT2D eigenvalue weighted by Gasteiger charge is -2.20. The van der Waals surface area contributed by atoms with Gasteiger partial charge in [-0.05, 0) is 25.0 Å². The van der Waals surface area contributed by atoms with Gasteiger partial charge in [0.25, 0.3) is 0 Å². The molecule has 1 rings (SSSR count). The molecule has 112 valence electrons. The summed E-state index contributed by atoms with van der Waals surface area (Å²) in [4.78, 5) is 24.4. The summed E-state index contributed by atoms with van der Waals surface area (Å²) in [5.41, 5.74) is 0. The minimum atomic E-state index is -0.899. The number of carboxylic acid groups (broad SMARTS) is 1. The van der Waals surface area contributed by atoms with E-state index in [2.05, 4.69) is 5.32 Å². The number of aryl methyl sites for hydroxylation is 1. The summed E-state index contributed by atoms with van der Waals surface area (Å²) >= 11 is 0. The van der Waals surface area contributed by atoms with E-state index in [1.807, 2.05) is 32.9 Å². The Morgan fingerprint density at radius 1 is 1.40 bits per heavy atom. The third-order valence-corrected chi connectivity index (χ3v) is 3.13. The Morgan fingerprint density at radius 2 is 2.05 bits per heavy atom. The maximum Gasteiger partial charge on any atom is 0.317 e. The highest BCUT2D eigenvalue weighted by Crippen LogP contribution is 2.11. The molecule has 0 fully saturated rings. The molecule has 1 aromatic rings. The van der Waals surface area contributed by atoms with Crippen LogP contribution in [0.3, 0.4) is 0 Å². The fourth-order valence-electron chi connectivity index (χ4n) is 1.82. The molecule has 0 aromatic carbocycles. The average molecular weight is 282 g/mol. The number of carbonyl (C=O) groups excluding carboxylic acids is 1. The number of amides is 2. The summed E-state index contributed by atoms with van der Waals surface area (Å²) in [6.07, 6.45) is 0. The van der Waals surface area contributed by atoms with Gasteiger partial charge in [0.1, 0.15) is 11.5 Å². The van der Waals surface area contributed by atoms with Crippen LogP contribution >= 0.6 is 0 Å². The van der Waals surface area contributed by atoms with Gasteiger partial charge in [-0.25, -0.2) is 4.79 Å². The first-order chi connectivity index (χ1) is 9.31. The number of furan rings is 1. The number of urea groups is 1. The Hall–Kier alpha value is -1.98. The van der Waals surface area contributed by atoms with Crippen LogP contribution in [-0.2, 0) is 11.3 Å². The van der Waals surface area contributed by atoms with Crippen molar-refractivity contribution in [3.05, 3.63) is 23.7 Å². The average Bonchev–Trinajstić information content (AvgIpc) is 2.73. The topological polar surface area (TPSA) is 82.8 Å². The molecular formula is C14H22N2O4. The third kappa shape index (κ3) is 4.60. The lowest BCUT2D eigenvalue weighted by atomic mass is 9.96. The molecule has 0 radical (unpaired) electrons. The summed E-state index contributed by atoms with van der Waals surface area (Å²) < 4.78 is 5.39. The van der Waals surface area contributed by atoms with Gasteiger partial charge in [-0.2, -0.15) is 0 Å². The van der Waals surface area contributed by atoms with Gasteiger partial charge >= 0.3 is 12.0 Å². The van der Waals surface area contributed by atoms with Crippen LogP contribution in [0.1, 0.15) is 25.4 Å². The molecular weight excluding hydrogens is 260 g/mol. The van der Waals surface area contributed by atoms with E-state index in [1.54, 1.807) is 7.05 Å². The van der Waals surface area contributed by atoms with E-state index in [-0.39, 0.29) is 18.5 Å². The van der Waals surface area contributed by atoms with Gasteiger partial charge < -0.3 is 19.7 Å². The second-order valence-electron chi connectivity index (χ2n) is 5.24. The highest BCUT2D eigenvalue weighted by molar-refractivity contribution is 5.75. The van der Waals surface area contributed by atoms with Crippen LogP contribution < -0.4 is 5.32 Å². The van der Waals surface area contributed by atoms with Crippen molar-refractivity contribution >= 4 is 12.0 Å². The normalized spacial score (nSPS) is 12.2. The lowest BCUT2D eigenvalue weighted by Crippen LogP contribution is -2.41. The second kappa shape index (κ2) is 6.98. The number of hydrogen-bond donors (Lipinski definition) is 2. The zero-order chi connectivity index (χ0) is 15.3. The molecule has 1 heterocycles. The Balaban J connectivity index is 2.47. The maximum absolute atomic E-state index is 11.9. The van der Waals surface area contributed by atoms with E-state index >= 15 is 0 Å². The highest BCUT2D eigenvalue weighted by Gasteiger charge is 2.22. The van der Waals surface area contributed by atoms with Crippen LogP contribution in [0.15, 0.2) is 16.5 Å². The van der Waals surface area contributed by atoms with Gasteiger partial charge in [0.2, 0.25) is 0 Å². The molecule has 0 bridgehead atoms. The third-order valence-electron chi connectivity index (χ3n) is 3.13. The summed E-state index contributed by atoms with van der Waals surface area (Å²) in [5, 5.41) is 11.7. The number of nitrogens with one attached hydrogen (secondary N) is 1. The standard InChI is InChI=1S/C14H22N2O4/c1-9(2)12(13(17)18)7-15-14(19)16(4)8-11-6-5-10(3)20-11/h5-6,9,12H,7-8H2,1-4H3,(H,15,19)(H,17,18). The van der Waals surface area contributed by atoms with Crippen molar-refractivity contribution in [2.24, 2.45) is 11.8 Å². The van der Waals surface area contributed by atoms with E-state index < -0.39 is 11.9 Å². The molecule has 0 aliphatic carbocycles. The van der Waals surface area contributed by atoms with Crippen LogP contribution in [0.2, 0.25) is 0 Å². The quantitative estimate of drug-likeness (QED) is 0.837. The zero-order valence-electron chi connectivity index (χ0n) is 12.3. The molecule has 2 amide bonds. The Labute approximate surface area is 118 Å². The van der Waals surface area contributed by atoms with Gasteiger partial charge in [0.15, 0.2) is 0 Å². The van der Waals surface area contributed by atoms with E-state index in [0.29, 0.717) is 12.3 Å². The number of carbonyl (C=O) groups is 2. The van der Waals surface area contributed by atoms with E-state index in [4.69, 9.17) is 9.52 Å². The molecule has 1 atom stereocenters. The fraction of sp³-hybridized carbons (Fsp3) is 0.571. The fourth-order valence-corrected chi connectivity index (χ4v) is 1.82. The van der Waals surface area contributed by atoms with Gasteiger partial charge in [-0.1, -0.05) is 13.8 Å². The van der Waals surface area contributed by atoms with Gasteiger partial charge in [-0.15, -0.1) is 0 Å². The largest absolute Gasteiger partial charge is 0.481 e. The van der Waals surface area contributed by atoms with Gasteiger partial charge in [0.05, 0.1) is 12.5 Å². The smallest absolute Gasteiger partial charge is 0.317 e. The van der Waals surface area contributed by atoms with Crippen LogP contribution in [0.5, 0.6) is 0 Å². The Morgan fingerprint density at radius 3 is 2.50 bits per heavy atom. The van der Waals surface area contributed by atoms with Gasteiger partial charge in [-0.3, -0.25) is 4.79 Å². The first-order valence-corrected chi connectivity index (χ1v) is 6.58. The van der Waals surface area contributed by atoms with Crippen molar-refractivity contribution in [1.82, 2.24) is 10.2 Å². The second-order valence-corrected chi connectivity index (χ2v) is 5.24. The predicted octanol–water partition coefficient (Wildman–Crippen LogP) is 2.09. The zero-order valence-corrected chi connectivity index (χ0v) is 12.3. The molecule has 0 saturated carbocycles. The SMILES string of the molecule is Cc1ccc(CN(C)C(=O)NCC(C(=O)O)C(C)C)o1. The van der Waals surface area contributed by atoms with E-state index in [1.165, 1.54) is 4.90 Å². The number of hydrogen-bond acceptors (Lipinski definition) is 3. The molecule has 0 saturated heterocycles. The Bertz CT molecular complexity index is 467. The van der Waals surface area contributed by atoms with Crippen molar-refractivity contribution in [2.45, 2.75) is 27.3 Å². The lowest BCUT2D eigenvalue weighted by molar-refractivity contribution is -0.142. The van der Waals surface area contributed by atoms with Crippen molar-refractivity contribution in [1.29, 1.82) is 0 Å². The Kier molecular flexibility index (Phi) is 5.61. The van der Waals surface area contributed by atoms with Crippen LogP contribution in [0.4, 0.5) is 4.79 Å². The molecule has 1 aromatic heterocycles. The summed E-state index contributed by atoms with van der Waals surface area (Å²) in [6, 6.07) is 3.33. The monoisotopic (exact) mass is 282 g/mol. The van der Waals surface area contributed by atoms with Crippen molar-refractivity contribution in [3.8, 4) is 0 Å². The minimum Gasteiger partial charge on any atom is -0.481 e. The highest BCUT2D eigenvalue weighted by atomic mass is 16.4.